The van der Waals surface area contributed by atoms with Gasteiger partial charge in [-0.1, -0.05) is 18.2 Å². The van der Waals surface area contributed by atoms with Gasteiger partial charge in [0.25, 0.3) is 0 Å². The summed E-state index contributed by atoms with van der Waals surface area (Å²) in [6.45, 7) is 5.20. The Morgan fingerprint density at radius 1 is 0.900 bits per heavy atom. The summed E-state index contributed by atoms with van der Waals surface area (Å²) in [4.78, 5) is 26.2. The highest BCUT2D eigenvalue weighted by molar-refractivity contribution is 5.83. The van der Waals surface area contributed by atoms with E-state index in [0.29, 0.717) is 19.6 Å². The van der Waals surface area contributed by atoms with Gasteiger partial charge in [-0.3, -0.25) is 4.79 Å². The second-order valence-corrected chi connectivity index (χ2v) is 7.59. The second kappa shape index (κ2) is 7.67. The molecular weight excluding hydrogens is 376 g/mol. The molecule has 0 aliphatic carbocycles. The standard InChI is InChI=1S/C23H24N6O/c1-18-24-21(26-9-4-5-10-26)16-22(25-18)27-12-14-28(15-13-27)23(30)17-29-11-8-19-6-2-3-7-20(19)29/h2-11,16H,12-15,17H2,1H3. The molecule has 1 aliphatic heterocycles. The average Bonchev–Trinajstić information content (AvgIpc) is 3.44. The van der Waals surface area contributed by atoms with Gasteiger partial charge in [-0.05, 0) is 36.6 Å². The van der Waals surface area contributed by atoms with Crippen molar-refractivity contribution in [2.75, 3.05) is 31.1 Å². The number of anilines is 1. The van der Waals surface area contributed by atoms with Crippen molar-refractivity contribution >= 4 is 22.6 Å². The molecule has 4 aromatic rings. The number of nitrogens with zero attached hydrogens (tertiary/aromatic N) is 6. The van der Waals surface area contributed by atoms with Crippen LogP contribution >= 0.6 is 0 Å². The first-order chi connectivity index (χ1) is 14.7. The average molecular weight is 400 g/mol. The number of rotatable bonds is 4. The fourth-order valence-corrected chi connectivity index (χ4v) is 4.03. The number of carbonyl (C=O) groups is 1. The van der Waals surface area contributed by atoms with Crippen molar-refractivity contribution < 1.29 is 4.79 Å². The summed E-state index contributed by atoms with van der Waals surface area (Å²) in [5.41, 5.74) is 1.10. The molecule has 0 radical (unpaired) electrons. The second-order valence-electron chi connectivity index (χ2n) is 7.59. The van der Waals surface area contributed by atoms with Crippen LogP contribution in [0.3, 0.4) is 0 Å². The van der Waals surface area contributed by atoms with Gasteiger partial charge >= 0.3 is 0 Å². The SMILES string of the molecule is Cc1nc(N2CCN(C(=O)Cn3ccc4ccccc43)CC2)cc(-n2cccc2)n1. The first-order valence-electron chi connectivity index (χ1n) is 10.2. The van der Waals surface area contributed by atoms with Crippen LogP contribution in [0.2, 0.25) is 0 Å². The third-order valence-corrected chi connectivity index (χ3v) is 5.62. The van der Waals surface area contributed by atoms with Crippen LogP contribution in [0.5, 0.6) is 0 Å². The van der Waals surface area contributed by atoms with Crippen molar-refractivity contribution in [1.29, 1.82) is 0 Å². The minimum absolute atomic E-state index is 0.155. The van der Waals surface area contributed by atoms with E-state index >= 15 is 0 Å². The largest absolute Gasteiger partial charge is 0.353 e. The van der Waals surface area contributed by atoms with Crippen molar-refractivity contribution in [1.82, 2.24) is 24.0 Å². The lowest BCUT2D eigenvalue weighted by atomic mass is 10.2. The van der Waals surface area contributed by atoms with Gasteiger partial charge in [0.1, 0.15) is 24.0 Å². The number of para-hydroxylation sites is 1. The summed E-state index contributed by atoms with van der Waals surface area (Å²) < 4.78 is 4.01. The van der Waals surface area contributed by atoms with Crippen LogP contribution < -0.4 is 4.90 Å². The van der Waals surface area contributed by atoms with Crippen LogP contribution in [0, 0.1) is 6.92 Å². The number of piperazine rings is 1. The number of hydrogen-bond donors (Lipinski definition) is 0. The van der Waals surface area contributed by atoms with E-state index in [-0.39, 0.29) is 5.91 Å². The molecule has 152 valence electrons. The summed E-state index contributed by atoms with van der Waals surface area (Å²) in [5, 5.41) is 1.16. The van der Waals surface area contributed by atoms with E-state index in [0.717, 1.165) is 41.5 Å². The number of benzene rings is 1. The zero-order chi connectivity index (χ0) is 20.5. The van der Waals surface area contributed by atoms with E-state index < -0.39 is 0 Å². The number of carbonyl (C=O) groups excluding carboxylic acids is 1. The Morgan fingerprint density at radius 3 is 2.43 bits per heavy atom. The van der Waals surface area contributed by atoms with E-state index in [2.05, 4.69) is 33.1 Å². The van der Waals surface area contributed by atoms with Crippen LogP contribution in [-0.4, -0.2) is 56.1 Å². The zero-order valence-corrected chi connectivity index (χ0v) is 17.0. The summed E-state index contributed by atoms with van der Waals surface area (Å²) in [7, 11) is 0. The molecule has 1 aromatic carbocycles. The number of fused-ring (bicyclic) bond motifs is 1. The van der Waals surface area contributed by atoms with Crippen LogP contribution in [0.1, 0.15) is 5.82 Å². The van der Waals surface area contributed by atoms with Gasteiger partial charge < -0.3 is 18.9 Å². The smallest absolute Gasteiger partial charge is 0.242 e. The molecule has 0 atom stereocenters. The molecule has 0 N–H and O–H groups in total. The summed E-state index contributed by atoms with van der Waals surface area (Å²) in [6, 6.07) is 16.2. The maximum atomic E-state index is 12.9. The number of aromatic nitrogens is 4. The van der Waals surface area contributed by atoms with Crippen LogP contribution in [-0.2, 0) is 11.3 Å². The van der Waals surface area contributed by atoms with Crippen molar-refractivity contribution in [3.63, 3.8) is 0 Å². The maximum Gasteiger partial charge on any atom is 0.242 e. The molecule has 7 heteroatoms. The van der Waals surface area contributed by atoms with E-state index in [1.807, 2.05) is 69.9 Å². The lowest BCUT2D eigenvalue weighted by Gasteiger charge is -2.35. The van der Waals surface area contributed by atoms with Gasteiger partial charge in [-0.25, -0.2) is 9.97 Å². The van der Waals surface area contributed by atoms with Gasteiger partial charge in [0.15, 0.2) is 0 Å². The fourth-order valence-electron chi connectivity index (χ4n) is 4.03. The topological polar surface area (TPSA) is 59.2 Å². The number of aryl methyl sites for hydroxylation is 1. The van der Waals surface area contributed by atoms with Gasteiger partial charge in [0.2, 0.25) is 5.91 Å². The lowest BCUT2D eigenvalue weighted by molar-refractivity contribution is -0.132. The Kier molecular flexibility index (Phi) is 4.71. The molecule has 5 rings (SSSR count). The Hall–Kier alpha value is -3.61. The van der Waals surface area contributed by atoms with Crippen molar-refractivity contribution in [3.05, 3.63) is 72.9 Å². The first kappa shape index (κ1) is 18.4. The zero-order valence-electron chi connectivity index (χ0n) is 17.0. The van der Waals surface area contributed by atoms with Crippen molar-refractivity contribution in [2.45, 2.75) is 13.5 Å². The highest BCUT2D eigenvalue weighted by Gasteiger charge is 2.23. The predicted molar refractivity (Wildman–Crippen MR) is 117 cm³/mol. The molecule has 1 saturated heterocycles. The van der Waals surface area contributed by atoms with Crippen LogP contribution in [0.15, 0.2) is 67.1 Å². The van der Waals surface area contributed by atoms with E-state index in [9.17, 15) is 4.79 Å². The third-order valence-electron chi connectivity index (χ3n) is 5.62. The molecule has 0 saturated carbocycles. The Labute approximate surface area is 175 Å². The Bertz CT molecular complexity index is 1170. The molecule has 7 nitrogen and oxygen atoms in total. The predicted octanol–water partition coefficient (Wildman–Crippen LogP) is 2.88. The minimum atomic E-state index is 0.155. The molecule has 1 amide bonds. The van der Waals surface area contributed by atoms with E-state index in [4.69, 9.17) is 0 Å². The fraction of sp³-hybridized carbons (Fsp3) is 0.261. The minimum Gasteiger partial charge on any atom is -0.353 e. The molecule has 3 aromatic heterocycles. The highest BCUT2D eigenvalue weighted by atomic mass is 16.2. The maximum absolute atomic E-state index is 12.9. The molecule has 0 bridgehead atoms. The molecule has 4 heterocycles. The van der Waals surface area contributed by atoms with Gasteiger partial charge in [0.05, 0.1) is 0 Å². The molecule has 0 unspecified atom stereocenters. The lowest BCUT2D eigenvalue weighted by Crippen LogP contribution is -2.49. The van der Waals surface area contributed by atoms with E-state index in [1.165, 1.54) is 0 Å². The van der Waals surface area contributed by atoms with Gasteiger partial charge in [-0.15, -0.1) is 0 Å². The Morgan fingerprint density at radius 2 is 1.63 bits per heavy atom. The molecule has 1 aliphatic rings. The van der Waals surface area contributed by atoms with Crippen molar-refractivity contribution in [2.24, 2.45) is 0 Å². The molecule has 30 heavy (non-hydrogen) atoms. The van der Waals surface area contributed by atoms with Crippen LogP contribution in [0.4, 0.5) is 5.82 Å². The third kappa shape index (κ3) is 3.54. The number of amides is 1. The van der Waals surface area contributed by atoms with E-state index in [1.54, 1.807) is 0 Å². The summed E-state index contributed by atoms with van der Waals surface area (Å²) in [6.07, 6.45) is 5.95. The summed E-state index contributed by atoms with van der Waals surface area (Å²) >= 11 is 0. The number of hydrogen-bond acceptors (Lipinski definition) is 4. The quantitative estimate of drug-likeness (QED) is 0.529. The van der Waals surface area contributed by atoms with Crippen molar-refractivity contribution in [3.8, 4) is 5.82 Å². The highest BCUT2D eigenvalue weighted by Crippen LogP contribution is 2.19. The molecular formula is C23H24N6O. The molecule has 1 fully saturated rings. The molecule has 0 spiro atoms. The van der Waals surface area contributed by atoms with Gasteiger partial charge in [-0.2, -0.15) is 0 Å². The normalized spacial score (nSPS) is 14.4. The van der Waals surface area contributed by atoms with Gasteiger partial charge in [0, 0.05) is 56.4 Å². The Balaban J connectivity index is 1.26. The monoisotopic (exact) mass is 400 g/mol. The van der Waals surface area contributed by atoms with Crippen LogP contribution in [0.25, 0.3) is 16.7 Å². The summed E-state index contributed by atoms with van der Waals surface area (Å²) in [5.74, 6) is 2.67. The first-order valence-corrected chi connectivity index (χ1v) is 10.2.